The van der Waals surface area contributed by atoms with Crippen molar-refractivity contribution in [3.63, 3.8) is 0 Å². The van der Waals surface area contributed by atoms with Gasteiger partial charge in [0, 0.05) is 23.8 Å². The van der Waals surface area contributed by atoms with Crippen LogP contribution < -0.4 is 5.32 Å². The van der Waals surface area contributed by atoms with Crippen molar-refractivity contribution in [2.24, 2.45) is 0 Å². The Kier molecular flexibility index (Phi) is 6.24. The Morgan fingerprint density at radius 2 is 2.04 bits per heavy atom. The van der Waals surface area contributed by atoms with E-state index in [9.17, 15) is 4.79 Å². The van der Waals surface area contributed by atoms with Crippen molar-refractivity contribution in [2.45, 2.75) is 39.8 Å². The molecule has 0 unspecified atom stereocenters. The maximum atomic E-state index is 12.3. The van der Waals surface area contributed by atoms with Gasteiger partial charge in [-0.25, -0.2) is 4.98 Å². The van der Waals surface area contributed by atoms with E-state index in [1.165, 1.54) is 4.88 Å². The van der Waals surface area contributed by atoms with E-state index in [0.717, 1.165) is 29.2 Å². The first-order valence-electron chi connectivity index (χ1n) is 7.80. The molecule has 0 saturated heterocycles. The topological polar surface area (TPSA) is 58.1 Å². The quantitative estimate of drug-likeness (QED) is 0.847. The van der Waals surface area contributed by atoms with E-state index in [1.54, 1.807) is 23.7 Å². The molecule has 2 aromatic rings. The molecule has 124 valence electrons. The normalized spacial score (nSPS) is 12.4. The number of rotatable bonds is 7. The van der Waals surface area contributed by atoms with Crippen LogP contribution in [-0.2, 0) is 11.3 Å². The predicted molar refractivity (Wildman–Crippen MR) is 93.3 cm³/mol. The molecule has 1 amide bonds. The van der Waals surface area contributed by atoms with Crippen LogP contribution in [0.2, 0.25) is 0 Å². The second-order valence-corrected chi connectivity index (χ2v) is 6.98. The number of amides is 1. The van der Waals surface area contributed by atoms with Gasteiger partial charge in [0.25, 0.3) is 0 Å². The van der Waals surface area contributed by atoms with Gasteiger partial charge in [0.15, 0.2) is 0 Å². The highest BCUT2D eigenvalue weighted by Gasteiger charge is 2.18. The van der Waals surface area contributed by atoms with Crippen LogP contribution >= 0.6 is 11.3 Å². The second kappa shape index (κ2) is 8.17. The summed E-state index contributed by atoms with van der Waals surface area (Å²) in [4.78, 5) is 24.1. The standard InChI is InChI=1S/C17H24N4OS/c1-5-15(17-19-12(2)13(3)23-17)20-16(22)11-21(4)10-14-6-8-18-9-7-14/h6-9,15H,5,10-11H2,1-4H3,(H,20,22)/t15-/m0/s1. The first kappa shape index (κ1) is 17.6. The van der Waals surface area contributed by atoms with Gasteiger partial charge in [0.05, 0.1) is 18.3 Å². The van der Waals surface area contributed by atoms with Crippen LogP contribution in [0.25, 0.3) is 0 Å². The van der Waals surface area contributed by atoms with E-state index in [4.69, 9.17) is 0 Å². The van der Waals surface area contributed by atoms with E-state index in [-0.39, 0.29) is 11.9 Å². The lowest BCUT2D eigenvalue weighted by Crippen LogP contribution is -2.36. The van der Waals surface area contributed by atoms with Crippen molar-refractivity contribution in [1.82, 2.24) is 20.2 Å². The molecule has 0 aromatic carbocycles. The van der Waals surface area contributed by atoms with Crippen LogP contribution in [-0.4, -0.2) is 34.4 Å². The Morgan fingerprint density at radius 3 is 2.61 bits per heavy atom. The fourth-order valence-corrected chi connectivity index (χ4v) is 3.38. The molecule has 0 bridgehead atoms. The maximum absolute atomic E-state index is 12.3. The molecule has 0 aliphatic carbocycles. The van der Waals surface area contributed by atoms with Gasteiger partial charge in [-0.2, -0.15) is 0 Å². The molecule has 2 heterocycles. The fraction of sp³-hybridized carbons (Fsp3) is 0.471. The summed E-state index contributed by atoms with van der Waals surface area (Å²) in [7, 11) is 1.94. The SMILES string of the molecule is CC[C@H](NC(=O)CN(C)Cc1ccncc1)c1nc(C)c(C)s1. The highest BCUT2D eigenvalue weighted by atomic mass is 32.1. The number of aryl methyl sites for hydroxylation is 2. The van der Waals surface area contributed by atoms with Gasteiger partial charge in [0.2, 0.25) is 5.91 Å². The fourth-order valence-electron chi connectivity index (χ4n) is 2.33. The van der Waals surface area contributed by atoms with E-state index < -0.39 is 0 Å². The highest BCUT2D eigenvalue weighted by Crippen LogP contribution is 2.24. The Morgan fingerprint density at radius 1 is 1.35 bits per heavy atom. The van der Waals surface area contributed by atoms with E-state index >= 15 is 0 Å². The average Bonchev–Trinajstić information content (AvgIpc) is 2.85. The summed E-state index contributed by atoms with van der Waals surface area (Å²) in [6.07, 6.45) is 4.37. The molecule has 5 nitrogen and oxygen atoms in total. The lowest BCUT2D eigenvalue weighted by molar-refractivity contribution is -0.122. The molecule has 1 N–H and O–H groups in total. The van der Waals surface area contributed by atoms with Gasteiger partial charge >= 0.3 is 0 Å². The summed E-state index contributed by atoms with van der Waals surface area (Å²) < 4.78 is 0. The van der Waals surface area contributed by atoms with Gasteiger partial charge in [-0.05, 0) is 45.0 Å². The number of carbonyl (C=O) groups excluding carboxylic acids is 1. The first-order chi connectivity index (χ1) is 11.0. The molecule has 0 saturated carbocycles. The second-order valence-electron chi connectivity index (χ2n) is 5.75. The number of nitrogens with zero attached hydrogens (tertiary/aromatic N) is 3. The van der Waals surface area contributed by atoms with Gasteiger partial charge in [-0.3, -0.25) is 14.7 Å². The summed E-state index contributed by atoms with van der Waals surface area (Å²) >= 11 is 1.66. The summed E-state index contributed by atoms with van der Waals surface area (Å²) in [6, 6.07) is 3.92. The van der Waals surface area contributed by atoms with Gasteiger partial charge in [0.1, 0.15) is 5.01 Å². The molecule has 6 heteroatoms. The van der Waals surface area contributed by atoms with E-state index in [2.05, 4.69) is 29.1 Å². The third-order valence-corrected chi connectivity index (χ3v) is 4.89. The van der Waals surface area contributed by atoms with Crippen LogP contribution in [0, 0.1) is 13.8 Å². The molecular formula is C17H24N4OS. The minimum absolute atomic E-state index is 0.00535. The Bertz CT molecular complexity index is 622. The summed E-state index contributed by atoms with van der Waals surface area (Å²) in [5, 5.41) is 4.09. The zero-order valence-corrected chi connectivity index (χ0v) is 15.0. The minimum Gasteiger partial charge on any atom is -0.346 e. The van der Waals surface area contributed by atoms with Crippen molar-refractivity contribution >= 4 is 17.2 Å². The lowest BCUT2D eigenvalue weighted by Gasteiger charge is -2.19. The Labute approximate surface area is 141 Å². The molecule has 1 atom stereocenters. The number of hydrogen-bond donors (Lipinski definition) is 1. The predicted octanol–water partition coefficient (Wildman–Crippen LogP) is 2.85. The molecule has 0 aliphatic rings. The molecule has 2 rings (SSSR count). The van der Waals surface area contributed by atoms with Crippen LogP contribution in [0.5, 0.6) is 0 Å². The van der Waals surface area contributed by atoms with Crippen molar-refractivity contribution in [3.05, 3.63) is 45.7 Å². The zero-order valence-electron chi connectivity index (χ0n) is 14.2. The van der Waals surface area contributed by atoms with Crippen molar-refractivity contribution in [1.29, 1.82) is 0 Å². The van der Waals surface area contributed by atoms with Crippen LogP contribution in [0.15, 0.2) is 24.5 Å². The average molecular weight is 332 g/mol. The number of carbonyl (C=O) groups is 1. The van der Waals surface area contributed by atoms with Gasteiger partial charge < -0.3 is 5.32 Å². The van der Waals surface area contributed by atoms with E-state index in [1.807, 2.05) is 31.0 Å². The minimum atomic E-state index is -0.00535. The van der Waals surface area contributed by atoms with Crippen LogP contribution in [0.4, 0.5) is 0 Å². The smallest absolute Gasteiger partial charge is 0.234 e. The number of nitrogens with one attached hydrogen (secondary N) is 1. The molecule has 23 heavy (non-hydrogen) atoms. The first-order valence-corrected chi connectivity index (χ1v) is 8.62. The van der Waals surface area contributed by atoms with Crippen LogP contribution in [0.3, 0.4) is 0 Å². The Hall–Kier alpha value is -1.79. The zero-order chi connectivity index (χ0) is 16.8. The number of pyridine rings is 1. The molecule has 0 spiro atoms. The summed E-state index contributed by atoms with van der Waals surface area (Å²) in [6.45, 7) is 7.22. The lowest BCUT2D eigenvalue weighted by atomic mass is 10.2. The van der Waals surface area contributed by atoms with Crippen LogP contribution in [0.1, 0.15) is 40.5 Å². The number of hydrogen-bond acceptors (Lipinski definition) is 5. The molecule has 0 fully saturated rings. The number of thiazole rings is 1. The van der Waals surface area contributed by atoms with Crippen molar-refractivity contribution < 1.29 is 4.79 Å². The largest absolute Gasteiger partial charge is 0.346 e. The van der Waals surface area contributed by atoms with E-state index in [0.29, 0.717) is 6.54 Å². The van der Waals surface area contributed by atoms with Crippen molar-refractivity contribution in [2.75, 3.05) is 13.6 Å². The molecule has 2 aromatic heterocycles. The summed E-state index contributed by atoms with van der Waals surface area (Å²) in [5.74, 6) is 0.0268. The van der Waals surface area contributed by atoms with Crippen molar-refractivity contribution in [3.8, 4) is 0 Å². The van der Waals surface area contributed by atoms with Gasteiger partial charge in [-0.1, -0.05) is 6.92 Å². The van der Waals surface area contributed by atoms with Gasteiger partial charge in [-0.15, -0.1) is 11.3 Å². The summed E-state index contributed by atoms with van der Waals surface area (Å²) in [5.41, 5.74) is 2.20. The molecular weight excluding hydrogens is 308 g/mol. The third-order valence-electron chi connectivity index (χ3n) is 3.70. The number of likely N-dealkylation sites (N-methyl/N-ethyl adjacent to an activating group) is 1. The maximum Gasteiger partial charge on any atom is 0.234 e. The molecule has 0 aliphatic heterocycles. The molecule has 0 radical (unpaired) electrons. The highest BCUT2D eigenvalue weighted by molar-refractivity contribution is 7.11. The monoisotopic (exact) mass is 332 g/mol. The Balaban J connectivity index is 1.89. The number of aromatic nitrogens is 2. The third kappa shape index (κ3) is 5.11.